The third kappa shape index (κ3) is 4.66. The van der Waals surface area contributed by atoms with E-state index in [0.29, 0.717) is 11.5 Å². The van der Waals surface area contributed by atoms with Crippen LogP contribution in [-0.2, 0) is 11.8 Å². The Labute approximate surface area is 157 Å². The summed E-state index contributed by atoms with van der Waals surface area (Å²) in [7, 11) is 1.73. The Morgan fingerprint density at radius 3 is 2.78 bits per heavy atom. The van der Waals surface area contributed by atoms with Gasteiger partial charge in [-0.1, -0.05) is 0 Å². The van der Waals surface area contributed by atoms with E-state index in [0.717, 1.165) is 30.7 Å². The van der Waals surface area contributed by atoms with Gasteiger partial charge in [0.2, 0.25) is 0 Å². The summed E-state index contributed by atoms with van der Waals surface area (Å²) in [6.45, 7) is 5.63. The van der Waals surface area contributed by atoms with Crippen molar-refractivity contribution < 1.29 is 14.3 Å². The fraction of sp³-hybridized carbons (Fsp3) is 0.556. The number of aromatic amines is 1. The summed E-state index contributed by atoms with van der Waals surface area (Å²) < 4.78 is 7.00. The third-order valence-electron chi connectivity index (χ3n) is 4.58. The molecule has 0 saturated heterocycles. The molecule has 146 valence electrons. The van der Waals surface area contributed by atoms with E-state index in [1.807, 2.05) is 26.8 Å². The number of hydrogen-bond acceptors (Lipinski definition) is 5. The molecule has 9 nitrogen and oxygen atoms in total. The van der Waals surface area contributed by atoms with Gasteiger partial charge in [-0.15, -0.1) is 0 Å². The summed E-state index contributed by atoms with van der Waals surface area (Å²) in [5.41, 5.74) is 2.19. The van der Waals surface area contributed by atoms with Crippen molar-refractivity contribution >= 4 is 17.8 Å². The second kappa shape index (κ2) is 7.81. The number of carbonyl (C=O) groups is 2. The molecule has 27 heavy (non-hydrogen) atoms. The van der Waals surface area contributed by atoms with Gasteiger partial charge in [-0.3, -0.25) is 14.6 Å². The lowest BCUT2D eigenvalue weighted by molar-refractivity contribution is 0.0979. The van der Waals surface area contributed by atoms with Gasteiger partial charge in [-0.25, -0.2) is 4.79 Å². The maximum absolute atomic E-state index is 12.3. The zero-order valence-corrected chi connectivity index (χ0v) is 16.1. The van der Waals surface area contributed by atoms with E-state index in [9.17, 15) is 9.59 Å². The molecule has 1 fully saturated rings. The molecule has 1 aliphatic carbocycles. The molecule has 2 unspecified atom stereocenters. The van der Waals surface area contributed by atoms with Gasteiger partial charge in [0.05, 0.1) is 5.69 Å². The van der Waals surface area contributed by atoms with Crippen LogP contribution in [0.2, 0.25) is 0 Å². The van der Waals surface area contributed by atoms with E-state index in [1.54, 1.807) is 17.8 Å². The molecule has 9 heteroatoms. The lowest BCUT2D eigenvalue weighted by Gasteiger charge is -2.14. The van der Waals surface area contributed by atoms with Crippen molar-refractivity contribution in [3.63, 3.8) is 0 Å². The Hall–Kier alpha value is -2.84. The minimum atomic E-state index is -0.375. The Morgan fingerprint density at radius 1 is 1.33 bits per heavy atom. The van der Waals surface area contributed by atoms with Crippen molar-refractivity contribution in [2.45, 2.75) is 58.1 Å². The van der Waals surface area contributed by atoms with Crippen molar-refractivity contribution in [3.05, 3.63) is 29.2 Å². The number of H-pyrrole nitrogens is 1. The number of aryl methyl sites for hydroxylation is 2. The predicted octanol–water partition coefficient (Wildman–Crippen LogP) is 2.47. The van der Waals surface area contributed by atoms with Crippen LogP contribution in [0.4, 0.5) is 10.6 Å². The number of aromatic nitrogens is 4. The number of ether oxygens (including phenoxy) is 1. The van der Waals surface area contributed by atoms with Crippen molar-refractivity contribution in [1.82, 2.24) is 25.3 Å². The number of amides is 2. The second-order valence-electron chi connectivity index (χ2n) is 7.29. The Balaban J connectivity index is 1.56. The molecule has 3 rings (SSSR count). The van der Waals surface area contributed by atoms with E-state index in [2.05, 4.69) is 25.9 Å². The van der Waals surface area contributed by atoms with Crippen LogP contribution in [0.5, 0.6) is 0 Å². The summed E-state index contributed by atoms with van der Waals surface area (Å²) in [4.78, 5) is 24.1. The van der Waals surface area contributed by atoms with Gasteiger partial charge in [0.1, 0.15) is 11.8 Å². The summed E-state index contributed by atoms with van der Waals surface area (Å²) in [6, 6.07) is 3.61. The Kier molecular flexibility index (Phi) is 5.48. The summed E-state index contributed by atoms with van der Waals surface area (Å²) in [5.74, 6) is 0.434. The van der Waals surface area contributed by atoms with E-state index in [1.165, 1.54) is 0 Å². The first-order valence-electron chi connectivity index (χ1n) is 9.16. The number of nitrogens with zero attached hydrogens (tertiary/aromatic N) is 3. The van der Waals surface area contributed by atoms with Crippen molar-refractivity contribution in [1.29, 1.82) is 0 Å². The number of alkyl carbamates (subject to hydrolysis) is 1. The minimum Gasteiger partial charge on any atom is -0.446 e. The molecular weight excluding hydrogens is 348 g/mol. The highest BCUT2D eigenvalue weighted by atomic mass is 16.6. The molecule has 0 bridgehead atoms. The highest BCUT2D eigenvalue weighted by Crippen LogP contribution is 2.35. The van der Waals surface area contributed by atoms with Crippen LogP contribution in [0.3, 0.4) is 0 Å². The van der Waals surface area contributed by atoms with Crippen LogP contribution in [0, 0.1) is 6.92 Å². The van der Waals surface area contributed by atoms with Crippen LogP contribution in [-0.4, -0.2) is 44.1 Å². The molecule has 1 saturated carbocycles. The second-order valence-corrected chi connectivity index (χ2v) is 7.29. The van der Waals surface area contributed by atoms with Gasteiger partial charge in [-0.05, 0) is 46.1 Å². The monoisotopic (exact) mass is 374 g/mol. The average molecular weight is 374 g/mol. The fourth-order valence-corrected chi connectivity index (χ4v) is 3.36. The molecular formula is C18H26N6O3. The molecule has 2 heterocycles. The molecule has 2 aromatic heterocycles. The molecule has 3 N–H and O–H groups in total. The van der Waals surface area contributed by atoms with E-state index >= 15 is 0 Å². The average Bonchev–Trinajstić information content (AvgIpc) is 3.27. The van der Waals surface area contributed by atoms with Crippen LogP contribution >= 0.6 is 0 Å². The molecule has 0 spiro atoms. The Bertz CT molecular complexity index is 825. The largest absolute Gasteiger partial charge is 0.446 e. The normalized spacial score (nSPS) is 19.3. The maximum atomic E-state index is 12.3. The van der Waals surface area contributed by atoms with Crippen LogP contribution in [0.1, 0.15) is 60.9 Å². The molecule has 2 atom stereocenters. The first kappa shape index (κ1) is 18.9. The zero-order valence-electron chi connectivity index (χ0n) is 16.1. The number of nitrogens with one attached hydrogen (secondary N) is 3. The third-order valence-corrected chi connectivity index (χ3v) is 4.58. The van der Waals surface area contributed by atoms with E-state index < -0.39 is 0 Å². The highest BCUT2D eigenvalue weighted by molar-refractivity contribution is 6.02. The molecule has 1 aliphatic rings. The predicted molar refractivity (Wildman–Crippen MR) is 99.6 cm³/mol. The molecule has 0 aliphatic heterocycles. The summed E-state index contributed by atoms with van der Waals surface area (Å²) in [5, 5.41) is 16.9. The Morgan fingerprint density at radius 2 is 2.11 bits per heavy atom. The standard InChI is InChI=1S/C18H26N6O3/c1-10(2)19-18(26)27-13-6-5-12(8-13)14-9-16(22-21-14)20-17(25)15-7-11(3)23-24(15)4/h7,9-10,12-13H,5-6,8H2,1-4H3,(H,19,26)(H2,20,21,22,25). The van der Waals surface area contributed by atoms with Crippen LogP contribution < -0.4 is 10.6 Å². The SMILES string of the molecule is Cc1cc(C(=O)Nc2cc(C3CCC(OC(=O)NC(C)C)C3)[nH]n2)n(C)n1. The number of rotatable bonds is 5. The highest BCUT2D eigenvalue weighted by Gasteiger charge is 2.30. The molecule has 2 amide bonds. The number of anilines is 1. The molecule has 0 radical (unpaired) electrons. The summed E-state index contributed by atoms with van der Waals surface area (Å²) in [6.07, 6.45) is 1.97. The van der Waals surface area contributed by atoms with Gasteiger partial charge in [0.15, 0.2) is 5.82 Å². The first-order valence-corrected chi connectivity index (χ1v) is 9.16. The van der Waals surface area contributed by atoms with Gasteiger partial charge < -0.3 is 15.4 Å². The first-order chi connectivity index (χ1) is 12.8. The van der Waals surface area contributed by atoms with E-state index in [4.69, 9.17) is 4.74 Å². The smallest absolute Gasteiger partial charge is 0.407 e. The van der Waals surface area contributed by atoms with Crippen molar-refractivity contribution in [3.8, 4) is 0 Å². The van der Waals surface area contributed by atoms with Gasteiger partial charge in [0.25, 0.3) is 5.91 Å². The fourth-order valence-electron chi connectivity index (χ4n) is 3.36. The van der Waals surface area contributed by atoms with Gasteiger partial charge in [-0.2, -0.15) is 10.2 Å². The van der Waals surface area contributed by atoms with Gasteiger partial charge in [0, 0.05) is 30.8 Å². The number of hydrogen-bond donors (Lipinski definition) is 3. The lowest BCUT2D eigenvalue weighted by Crippen LogP contribution is -2.33. The number of carbonyl (C=O) groups excluding carboxylic acids is 2. The lowest BCUT2D eigenvalue weighted by atomic mass is 10.0. The molecule has 0 aromatic carbocycles. The van der Waals surface area contributed by atoms with E-state index in [-0.39, 0.29) is 30.1 Å². The maximum Gasteiger partial charge on any atom is 0.407 e. The molecule has 2 aromatic rings. The zero-order chi connectivity index (χ0) is 19.6. The van der Waals surface area contributed by atoms with Gasteiger partial charge >= 0.3 is 6.09 Å². The minimum absolute atomic E-state index is 0.0525. The van der Waals surface area contributed by atoms with Crippen LogP contribution in [0.25, 0.3) is 0 Å². The summed E-state index contributed by atoms with van der Waals surface area (Å²) >= 11 is 0. The van der Waals surface area contributed by atoms with Crippen molar-refractivity contribution in [2.75, 3.05) is 5.32 Å². The quantitative estimate of drug-likeness (QED) is 0.744. The van der Waals surface area contributed by atoms with Crippen LogP contribution in [0.15, 0.2) is 12.1 Å². The topological polar surface area (TPSA) is 114 Å². The van der Waals surface area contributed by atoms with Crippen molar-refractivity contribution in [2.24, 2.45) is 7.05 Å².